The van der Waals surface area contributed by atoms with Crippen molar-refractivity contribution in [2.45, 2.75) is 38.9 Å². The van der Waals surface area contributed by atoms with Gasteiger partial charge in [-0.05, 0) is 50.9 Å². The molecule has 0 spiro atoms. The zero-order chi connectivity index (χ0) is 15.1. The Morgan fingerprint density at radius 1 is 1.20 bits per heavy atom. The van der Waals surface area contributed by atoms with Crippen LogP contribution < -0.4 is 4.74 Å². The van der Waals surface area contributed by atoms with Gasteiger partial charge in [0.2, 0.25) is 0 Å². The van der Waals surface area contributed by atoms with E-state index in [1.54, 1.807) is 12.1 Å². The maximum Gasteiger partial charge on any atom is 0.494 e. The Labute approximate surface area is 119 Å². The summed E-state index contributed by atoms with van der Waals surface area (Å²) in [6, 6.07) is 4.70. The van der Waals surface area contributed by atoms with Crippen LogP contribution in [-0.4, -0.2) is 25.4 Å². The molecule has 108 valence electrons. The Morgan fingerprint density at radius 3 is 2.20 bits per heavy atom. The van der Waals surface area contributed by atoms with Gasteiger partial charge in [0.1, 0.15) is 0 Å². The maximum atomic E-state index is 13.8. The second-order valence-corrected chi connectivity index (χ2v) is 5.96. The van der Waals surface area contributed by atoms with Crippen LogP contribution in [0.15, 0.2) is 24.8 Å². The number of ether oxygens (including phenoxy) is 1. The molecule has 0 aliphatic carbocycles. The molecule has 0 aromatic heterocycles. The van der Waals surface area contributed by atoms with Crippen LogP contribution in [0.5, 0.6) is 5.75 Å². The molecular formula is C15H20BFO3. The summed E-state index contributed by atoms with van der Waals surface area (Å²) in [6.45, 7) is 11.8. The molecule has 0 unspecified atom stereocenters. The van der Waals surface area contributed by atoms with E-state index in [2.05, 4.69) is 6.58 Å². The van der Waals surface area contributed by atoms with Gasteiger partial charge < -0.3 is 14.0 Å². The highest BCUT2D eigenvalue weighted by Gasteiger charge is 2.52. The van der Waals surface area contributed by atoms with Crippen molar-refractivity contribution in [3.63, 3.8) is 0 Å². The summed E-state index contributed by atoms with van der Waals surface area (Å²) in [7, 11) is 0.856. The quantitative estimate of drug-likeness (QED) is 0.792. The second kappa shape index (κ2) is 4.90. The van der Waals surface area contributed by atoms with Crippen LogP contribution >= 0.6 is 0 Å². The topological polar surface area (TPSA) is 27.7 Å². The van der Waals surface area contributed by atoms with E-state index in [1.807, 2.05) is 27.7 Å². The number of hydrogen-bond acceptors (Lipinski definition) is 3. The van der Waals surface area contributed by atoms with Crippen LogP contribution in [0.1, 0.15) is 33.3 Å². The lowest BCUT2D eigenvalue weighted by Gasteiger charge is -2.32. The molecule has 1 aliphatic heterocycles. The first kappa shape index (κ1) is 15.1. The minimum Gasteiger partial charge on any atom is -0.494 e. The normalized spacial score (nSPS) is 20.0. The summed E-state index contributed by atoms with van der Waals surface area (Å²) < 4.78 is 30.5. The molecule has 5 heteroatoms. The fourth-order valence-corrected chi connectivity index (χ4v) is 1.99. The second-order valence-electron chi connectivity index (χ2n) is 5.96. The number of methoxy groups -OCH3 is 1. The third-order valence-corrected chi connectivity index (χ3v) is 4.06. The molecule has 3 nitrogen and oxygen atoms in total. The van der Waals surface area contributed by atoms with Crippen molar-refractivity contribution >= 4 is 12.6 Å². The highest BCUT2D eigenvalue weighted by molar-refractivity contribution is 6.68. The van der Waals surface area contributed by atoms with Crippen molar-refractivity contribution in [2.24, 2.45) is 0 Å². The molecule has 0 amide bonds. The van der Waals surface area contributed by atoms with E-state index in [4.69, 9.17) is 14.0 Å². The van der Waals surface area contributed by atoms with E-state index in [-0.39, 0.29) is 5.75 Å². The van der Waals surface area contributed by atoms with Crippen molar-refractivity contribution in [3.05, 3.63) is 36.2 Å². The Balaban J connectivity index is 2.23. The van der Waals surface area contributed by atoms with Gasteiger partial charge >= 0.3 is 7.12 Å². The summed E-state index contributed by atoms with van der Waals surface area (Å²) in [5, 5.41) is 0. The zero-order valence-electron chi connectivity index (χ0n) is 12.6. The van der Waals surface area contributed by atoms with Crippen LogP contribution in [0.25, 0.3) is 5.47 Å². The summed E-state index contributed by atoms with van der Waals surface area (Å²) in [4.78, 5) is 0. The van der Waals surface area contributed by atoms with Gasteiger partial charge in [-0.2, -0.15) is 0 Å². The average molecular weight is 278 g/mol. The molecule has 0 saturated carbocycles. The van der Waals surface area contributed by atoms with Gasteiger partial charge in [0.05, 0.1) is 18.3 Å². The van der Waals surface area contributed by atoms with Gasteiger partial charge in [0.15, 0.2) is 11.6 Å². The van der Waals surface area contributed by atoms with Crippen molar-refractivity contribution in [1.82, 2.24) is 0 Å². The van der Waals surface area contributed by atoms with Crippen molar-refractivity contribution in [2.75, 3.05) is 7.11 Å². The predicted octanol–water partition coefficient (Wildman–Crippen LogP) is 3.48. The van der Waals surface area contributed by atoms with E-state index < -0.39 is 24.1 Å². The Morgan fingerprint density at radius 2 is 1.75 bits per heavy atom. The number of rotatable bonds is 3. The van der Waals surface area contributed by atoms with Gasteiger partial charge in [-0.3, -0.25) is 0 Å². The lowest BCUT2D eigenvalue weighted by atomic mass is 9.75. The summed E-state index contributed by atoms with van der Waals surface area (Å²) in [6.07, 6.45) is 0. The lowest BCUT2D eigenvalue weighted by Crippen LogP contribution is -2.41. The van der Waals surface area contributed by atoms with Crippen molar-refractivity contribution in [1.29, 1.82) is 0 Å². The summed E-state index contributed by atoms with van der Waals surface area (Å²) in [5.41, 5.74) is 0.365. The van der Waals surface area contributed by atoms with Gasteiger partial charge in [0.25, 0.3) is 0 Å². The lowest BCUT2D eigenvalue weighted by molar-refractivity contribution is 0.00578. The molecule has 0 bridgehead atoms. The third kappa shape index (κ3) is 2.48. The smallest absolute Gasteiger partial charge is 0.494 e. The Hall–Kier alpha value is -1.33. The van der Waals surface area contributed by atoms with Crippen molar-refractivity contribution < 1.29 is 18.4 Å². The largest absolute Gasteiger partial charge is 0.494 e. The molecule has 1 heterocycles. The number of benzene rings is 1. The van der Waals surface area contributed by atoms with E-state index in [9.17, 15) is 4.39 Å². The van der Waals surface area contributed by atoms with Crippen LogP contribution in [-0.2, 0) is 9.31 Å². The molecule has 1 saturated heterocycles. The monoisotopic (exact) mass is 278 g/mol. The third-order valence-electron chi connectivity index (χ3n) is 4.06. The van der Waals surface area contributed by atoms with E-state index in [0.29, 0.717) is 11.0 Å². The fourth-order valence-electron chi connectivity index (χ4n) is 1.99. The molecule has 1 fully saturated rings. The molecule has 2 rings (SSSR count). The molecular weight excluding hydrogens is 258 g/mol. The average Bonchev–Trinajstić information content (AvgIpc) is 2.57. The number of hydrogen-bond donors (Lipinski definition) is 0. The minimum atomic E-state index is -0.576. The zero-order valence-corrected chi connectivity index (χ0v) is 12.6. The van der Waals surface area contributed by atoms with Gasteiger partial charge in [0, 0.05) is 0 Å². The van der Waals surface area contributed by atoms with Gasteiger partial charge in [-0.15, -0.1) is 0 Å². The standard InChI is InChI=1S/C15H20BFO3/c1-10(11-7-8-13(18-6)12(17)9-11)16-19-14(2,3)15(4,5)20-16/h7-9H,1H2,2-6H3. The minimum absolute atomic E-state index is 0.204. The van der Waals surface area contributed by atoms with Gasteiger partial charge in [-0.25, -0.2) is 4.39 Å². The molecule has 1 aromatic rings. The molecule has 0 atom stereocenters. The van der Waals surface area contributed by atoms with E-state index >= 15 is 0 Å². The van der Waals surface area contributed by atoms with Crippen LogP contribution in [0, 0.1) is 5.82 Å². The molecule has 0 N–H and O–H groups in total. The first-order valence-corrected chi connectivity index (χ1v) is 6.56. The first-order valence-electron chi connectivity index (χ1n) is 6.56. The first-order chi connectivity index (χ1) is 9.18. The van der Waals surface area contributed by atoms with Crippen LogP contribution in [0.2, 0.25) is 0 Å². The summed E-state index contributed by atoms with van der Waals surface area (Å²) in [5.74, 6) is -0.224. The highest BCUT2D eigenvalue weighted by atomic mass is 19.1. The van der Waals surface area contributed by atoms with Crippen LogP contribution in [0.4, 0.5) is 4.39 Å². The molecule has 1 aliphatic rings. The predicted molar refractivity (Wildman–Crippen MR) is 78.1 cm³/mol. The molecule has 1 aromatic carbocycles. The van der Waals surface area contributed by atoms with Gasteiger partial charge in [-0.1, -0.05) is 12.6 Å². The number of halogens is 1. The Bertz CT molecular complexity index is 524. The van der Waals surface area contributed by atoms with Crippen LogP contribution in [0.3, 0.4) is 0 Å². The molecule has 0 radical (unpaired) electrons. The van der Waals surface area contributed by atoms with Crippen molar-refractivity contribution in [3.8, 4) is 5.75 Å². The molecule has 20 heavy (non-hydrogen) atoms. The van der Waals surface area contributed by atoms with E-state index in [0.717, 1.165) is 0 Å². The SMILES string of the molecule is C=C(B1OC(C)(C)C(C)(C)O1)c1ccc(OC)c(F)c1. The van der Waals surface area contributed by atoms with E-state index in [1.165, 1.54) is 13.2 Å². The highest BCUT2D eigenvalue weighted by Crippen LogP contribution is 2.40. The Kier molecular flexibility index (Phi) is 3.69. The summed E-state index contributed by atoms with van der Waals surface area (Å²) >= 11 is 0. The maximum absolute atomic E-state index is 13.8. The fraction of sp³-hybridized carbons (Fsp3) is 0.467.